The Kier molecular flexibility index (Phi) is 3.41. The molecule has 0 saturated carbocycles. The van der Waals surface area contributed by atoms with Crippen LogP contribution >= 0.6 is 0 Å². The normalized spacial score (nSPS) is 16.1. The van der Waals surface area contributed by atoms with Crippen molar-refractivity contribution in [2.75, 3.05) is 0 Å². The van der Waals surface area contributed by atoms with Crippen LogP contribution in [0.2, 0.25) is 0 Å². The van der Waals surface area contributed by atoms with Gasteiger partial charge in [-0.2, -0.15) is 5.10 Å². The van der Waals surface area contributed by atoms with Crippen molar-refractivity contribution >= 4 is 17.9 Å². The highest BCUT2D eigenvalue weighted by Gasteiger charge is 2.21. The maximum atomic E-state index is 11.7. The fourth-order valence-electron chi connectivity index (χ4n) is 2.45. The molecule has 0 N–H and O–H groups in total. The molecule has 22 heavy (non-hydrogen) atoms. The highest BCUT2D eigenvalue weighted by atomic mass is 16.6. The number of esters is 1. The second-order valence-corrected chi connectivity index (χ2v) is 5.38. The average Bonchev–Trinajstić information content (AvgIpc) is 2.93. The van der Waals surface area contributed by atoms with E-state index in [0.29, 0.717) is 11.6 Å². The molecular weight excluding hydrogens is 278 g/mol. The highest BCUT2D eigenvalue weighted by Crippen LogP contribution is 2.23. The first-order valence-electron chi connectivity index (χ1n) is 7.08. The van der Waals surface area contributed by atoms with Crippen molar-refractivity contribution in [3.8, 4) is 5.69 Å². The molecule has 1 aromatic carbocycles. The van der Waals surface area contributed by atoms with Gasteiger partial charge < -0.3 is 4.74 Å². The first-order valence-corrected chi connectivity index (χ1v) is 7.08. The third-order valence-electron chi connectivity index (χ3n) is 3.63. The molecule has 0 bridgehead atoms. The van der Waals surface area contributed by atoms with Gasteiger partial charge in [-0.05, 0) is 39.0 Å². The molecule has 5 nitrogen and oxygen atoms in total. The number of nitrogens with zero attached hydrogens (tertiary/aromatic N) is 3. The van der Waals surface area contributed by atoms with Crippen LogP contribution in [0.15, 0.2) is 35.0 Å². The smallest absolute Gasteiger partial charge is 0.363 e. The monoisotopic (exact) mass is 295 g/mol. The number of carbonyl (C=O) groups is 1. The molecule has 3 rings (SSSR count). The third-order valence-corrected chi connectivity index (χ3v) is 3.63. The minimum atomic E-state index is -0.417. The Bertz CT molecular complexity index is 811. The summed E-state index contributed by atoms with van der Waals surface area (Å²) in [5, 5.41) is 4.57. The van der Waals surface area contributed by atoms with Crippen molar-refractivity contribution in [1.29, 1.82) is 0 Å². The summed E-state index contributed by atoms with van der Waals surface area (Å²) in [5.41, 5.74) is 5.20. The number of rotatable bonds is 2. The molecule has 1 aliphatic rings. The van der Waals surface area contributed by atoms with Crippen molar-refractivity contribution in [2.24, 2.45) is 4.99 Å². The van der Waals surface area contributed by atoms with Gasteiger partial charge in [0.2, 0.25) is 0 Å². The fourth-order valence-corrected chi connectivity index (χ4v) is 2.45. The van der Waals surface area contributed by atoms with Crippen LogP contribution in [0.5, 0.6) is 0 Å². The Morgan fingerprint density at radius 2 is 1.77 bits per heavy atom. The lowest BCUT2D eigenvalue weighted by atomic mass is 10.1. The predicted octanol–water partition coefficient (Wildman–Crippen LogP) is 3.11. The number of carbonyl (C=O) groups excluding carboxylic acids is 1. The minimum absolute atomic E-state index is 0.312. The third kappa shape index (κ3) is 2.45. The van der Waals surface area contributed by atoms with Crippen molar-refractivity contribution in [3.63, 3.8) is 0 Å². The first-order chi connectivity index (χ1) is 10.5. The molecule has 2 aromatic rings. The number of benzene rings is 1. The standard InChI is InChI=1S/C17H17N3O2/c1-10-5-7-14(8-6-10)20-12(3)15(11(2)19-20)9-16-17(21)22-13(4)18-16/h5-9H,1-4H3/b16-9-. The SMILES string of the molecule is CC1=N/C(=C\c2c(C)nn(-c3ccc(C)cc3)c2C)C(=O)O1. The second kappa shape index (κ2) is 5.26. The van der Waals surface area contributed by atoms with Crippen LogP contribution in [0.25, 0.3) is 11.8 Å². The van der Waals surface area contributed by atoms with Crippen molar-refractivity contribution in [3.05, 3.63) is 52.5 Å². The molecule has 0 fully saturated rings. The molecule has 0 amide bonds. The number of aromatic nitrogens is 2. The molecule has 5 heteroatoms. The lowest BCUT2D eigenvalue weighted by molar-refractivity contribution is -0.130. The van der Waals surface area contributed by atoms with Crippen molar-refractivity contribution in [2.45, 2.75) is 27.7 Å². The van der Waals surface area contributed by atoms with E-state index in [-0.39, 0.29) is 0 Å². The van der Waals surface area contributed by atoms with Crippen LogP contribution < -0.4 is 0 Å². The predicted molar refractivity (Wildman–Crippen MR) is 85.0 cm³/mol. The largest absolute Gasteiger partial charge is 0.407 e. The Morgan fingerprint density at radius 3 is 2.36 bits per heavy atom. The molecule has 0 aliphatic carbocycles. The second-order valence-electron chi connectivity index (χ2n) is 5.38. The van der Waals surface area contributed by atoms with Gasteiger partial charge in [-0.1, -0.05) is 17.7 Å². The number of aliphatic imine (C=N–C) groups is 1. The zero-order valence-electron chi connectivity index (χ0n) is 13.0. The molecule has 0 saturated heterocycles. The summed E-state index contributed by atoms with van der Waals surface area (Å²) in [5.74, 6) is -0.0446. The van der Waals surface area contributed by atoms with Crippen molar-refractivity contribution < 1.29 is 9.53 Å². The van der Waals surface area contributed by atoms with Crippen LogP contribution in [0, 0.1) is 20.8 Å². The van der Waals surface area contributed by atoms with E-state index in [1.807, 2.05) is 49.7 Å². The van der Waals surface area contributed by atoms with Gasteiger partial charge in [0.15, 0.2) is 11.6 Å². The fraction of sp³-hybridized carbons (Fsp3) is 0.235. The molecule has 1 aliphatic heterocycles. The van der Waals surface area contributed by atoms with Crippen LogP contribution in [0.1, 0.15) is 29.4 Å². The van der Waals surface area contributed by atoms with E-state index in [4.69, 9.17) is 4.74 Å². The zero-order valence-corrected chi connectivity index (χ0v) is 13.0. The number of hydrogen-bond donors (Lipinski definition) is 0. The first kappa shape index (κ1) is 14.3. The van der Waals surface area contributed by atoms with Crippen LogP contribution in [0.4, 0.5) is 0 Å². The average molecular weight is 295 g/mol. The zero-order chi connectivity index (χ0) is 15.9. The van der Waals surface area contributed by atoms with Gasteiger partial charge in [-0.25, -0.2) is 14.5 Å². The quantitative estimate of drug-likeness (QED) is 0.632. The number of hydrogen-bond acceptors (Lipinski definition) is 4. The summed E-state index contributed by atoms with van der Waals surface area (Å²) in [6.07, 6.45) is 1.74. The maximum absolute atomic E-state index is 11.7. The Balaban J connectivity index is 2.06. The van der Waals surface area contributed by atoms with Gasteiger partial charge in [-0.3, -0.25) is 0 Å². The molecular formula is C17H17N3O2. The van der Waals surface area contributed by atoms with E-state index in [0.717, 1.165) is 22.6 Å². The Labute approximate surface area is 128 Å². The molecule has 1 aromatic heterocycles. The number of ether oxygens (including phenoxy) is 1. The van der Waals surface area contributed by atoms with Gasteiger partial charge in [-0.15, -0.1) is 0 Å². The lowest BCUT2D eigenvalue weighted by Gasteiger charge is -2.04. The van der Waals surface area contributed by atoms with E-state index < -0.39 is 5.97 Å². The van der Waals surface area contributed by atoms with Crippen molar-refractivity contribution in [1.82, 2.24) is 9.78 Å². The Hall–Kier alpha value is -2.69. The van der Waals surface area contributed by atoms with Gasteiger partial charge in [0.25, 0.3) is 0 Å². The van der Waals surface area contributed by atoms with E-state index in [1.165, 1.54) is 5.56 Å². The molecule has 0 unspecified atom stereocenters. The van der Waals surface area contributed by atoms with Gasteiger partial charge in [0.1, 0.15) is 0 Å². The molecule has 112 valence electrons. The van der Waals surface area contributed by atoms with Crippen LogP contribution in [-0.2, 0) is 9.53 Å². The van der Waals surface area contributed by atoms with Gasteiger partial charge >= 0.3 is 5.97 Å². The van der Waals surface area contributed by atoms with E-state index in [1.54, 1.807) is 13.0 Å². The molecule has 0 spiro atoms. The van der Waals surface area contributed by atoms with Crippen LogP contribution in [0.3, 0.4) is 0 Å². The summed E-state index contributed by atoms with van der Waals surface area (Å²) in [6.45, 7) is 7.60. The molecule has 2 heterocycles. The number of cyclic esters (lactones) is 1. The lowest BCUT2D eigenvalue weighted by Crippen LogP contribution is -2.00. The summed E-state index contributed by atoms with van der Waals surface area (Å²) >= 11 is 0. The van der Waals surface area contributed by atoms with E-state index in [2.05, 4.69) is 10.1 Å². The summed E-state index contributed by atoms with van der Waals surface area (Å²) in [6, 6.07) is 8.15. The molecule has 0 radical (unpaired) electrons. The number of aryl methyl sites for hydroxylation is 2. The van der Waals surface area contributed by atoms with E-state index >= 15 is 0 Å². The topological polar surface area (TPSA) is 56.5 Å². The molecule has 0 atom stereocenters. The van der Waals surface area contributed by atoms with Gasteiger partial charge in [0, 0.05) is 18.2 Å². The maximum Gasteiger partial charge on any atom is 0.363 e. The van der Waals surface area contributed by atoms with E-state index in [9.17, 15) is 4.79 Å². The summed E-state index contributed by atoms with van der Waals surface area (Å²) in [4.78, 5) is 15.8. The summed E-state index contributed by atoms with van der Waals surface area (Å²) in [7, 11) is 0. The minimum Gasteiger partial charge on any atom is -0.407 e. The van der Waals surface area contributed by atoms with Crippen LogP contribution in [-0.4, -0.2) is 21.6 Å². The van der Waals surface area contributed by atoms with Gasteiger partial charge in [0.05, 0.1) is 11.4 Å². The summed E-state index contributed by atoms with van der Waals surface area (Å²) < 4.78 is 6.82. The Morgan fingerprint density at radius 1 is 1.09 bits per heavy atom. The highest BCUT2D eigenvalue weighted by molar-refractivity contribution is 6.06.